The fourth-order valence-electron chi connectivity index (χ4n) is 2.04. The Balaban J connectivity index is 2.08. The molecule has 1 aliphatic rings. The monoisotopic (exact) mass is 225 g/mol. The van der Waals surface area contributed by atoms with Gasteiger partial charge in [0.25, 0.3) is 0 Å². The molecule has 0 spiro atoms. The fourth-order valence-corrected chi connectivity index (χ4v) is 2.18. The smallest absolute Gasteiger partial charge is 0.224 e. The molecule has 4 heteroatoms. The normalized spacial score (nSPS) is 21.3. The first-order valence-corrected chi connectivity index (χ1v) is 5.78. The molecule has 1 aliphatic heterocycles. The zero-order valence-electron chi connectivity index (χ0n) is 9.15. The zero-order chi connectivity index (χ0) is 10.8. The molecular formula is C11H16ClN3. The van der Waals surface area contributed by atoms with Gasteiger partial charge in [-0.05, 0) is 35.9 Å². The number of halogens is 1. The number of anilines is 1. The molecule has 0 amide bonds. The first-order chi connectivity index (χ1) is 7.16. The van der Waals surface area contributed by atoms with Gasteiger partial charge in [0.15, 0.2) is 0 Å². The van der Waals surface area contributed by atoms with Crippen molar-refractivity contribution in [2.75, 3.05) is 18.0 Å². The lowest BCUT2D eigenvalue weighted by Crippen LogP contribution is -2.22. The number of nitrogens with zero attached hydrogens (tertiary/aromatic N) is 3. The third kappa shape index (κ3) is 2.40. The highest BCUT2D eigenvalue weighted by Gasteiger charge is 2.25. The first kappa shape index (κ1) is 10.7. The molecule has 1 aromatic heterocycles. The van der Waals surface area contributed by atoms with Crippen molar-refractivity contribution in [3.63, 3.8) is 0 Å². The summed E-state index contributed by atoms with van der Waals surface area (Å²) in [5.41, 5.74) is 0. The van der Waals surface area contributed by atoms with E-state index in [9.17, 15) is 0 Å². The van der Waals surface area contributed by atoms with E-state index in [-0.39, 0.29) is 0 Å². The van der Waals surface area contributed by atoms with Crippen molar-refractivity contribution in [1.29, 1.82) is 0 Å². The van der Waals surface area contributed by atoms with Gasteiger partial charge in [-0.2, -0.15) is 0 Å². The van der Waals surface area contributed by atoms with E-state index >= 15 is 0 Å². The number of aromatic nitrogens is 2. The Morgan fingerprint density at radius 1 is 1.53 bits per heavy atom. The van der Waals surface area contributed by atoms with Gasteiger partial charge in [0.2, 0.25) is 5.28 Å². The van der Waals surface area contributed by atoms with E-state index < -0.39 is 0 Å². The number of hydrogen-bond donors (Lipinski definition) is 0. The van der Waals surface area contributed by atoms with Crippen LogP contribution in [0.4, 0.5) is 5.82 Å². The van der Waals surface area contributed by atoms with Crippen LogP contribution in [-0.4, -0.2) is 23.1 Å². The molecule has 0 aromatic carbocycles. The summed E-state index contributed by atoms with van der Waals surface area (Å²) in [5.74, 6) is 2.48. The highest BCUT2D eigenvalue weighted by atomic mass is 35.5. The molecule has 0 saturated carbocycles. The molecule has 1 aromatic rings. The molecular weight excluding hydrogens is 210 g/mol. The molecule has 15 heavy (non-hydrogen) atoms. The number of rotatable bonds is 2. The minimum absolute atomic E-state index is 0.334. The van der Waals surface area contributed by atoms with E-state index in [2.05, 4.69) is 28.7 Å². The lowest BCUT2D eigenvalue weighted by Gasteiger charge is -2.18. The van der Waals surface area contributed by atoms with E-state index in [1.165, 1.54) is 6.42 Å². The average Bonchev–Trinajstić information content (AvgIpc) is 2.66. The van der Waals surface area contributed by atoms with Crippen LogP contribution < -0.4 is 4.90 Å². The molecule has 3 nitrogen and oxygen atoms in total. The van der Waals surface area contributed by atoms with Crippen LogP contribution in [0.5, 0.6) is 0 Å². The molecule has 2 rings (SSSR count). The molecule has 0 N–H and O–H groups in total. The largest absolute Gasteiger partial charge is 0.356 e. The molecule has 1 unspecified atom stereocenters. The van der Waals surface area contributed by atoms with E-state index in [4.69, 9.17) is 11.6 Å². The van der Waals surface area contributed by atoms with Crippen LogP contribution in [0.25, 0.3) is 0 Å². The van der Waals surface area contributed by atoms with Gasteiger partial charge < -0.3 is 4.90 Å². The first-order valence-electron chi connectivity index (χ1n) is 5.40. The van der Waals surface area contributed by atoms with Crippen LogP contribution in [0.1, 0.15) is 20.3 Å². The highest BCUT2D eigenvalue weighted by molar-refractivity contribution is 6.28. The Hall–Kier alpha value is -0.830. The highest BCUT2D eigenvalue weighted by Crippen LogP contribution is 2.27. The van der Waals surface area contributed by atoms with E-state index in [1.807, 2.05) is 6.07 Å². The minimum atomic E-state index is 0.334. The Morgan fingerprint density at radius 2 is 2.33 bits per heavy atom. The molecule has 1 fully saturated rings. The second-order valence-corrected chi connectivity index (χ2v) is 4.76. The van der Waals surface area contributed by atoms with Gasteiger partial charge in [-0.15, -0.1) is 0 Å². The van der Waals surface area contributed by atoms with Crippen LogP contribution in [-0.2, 0) is 0 Å². The summed E-state index contributed by atoms with van der Waals surface area (Å²) < 4.78 is 0. The van der Waals surface area contributed by atoms with Crippen molar-refractivity contribution in [3.8, 4) is 0 Å². The molecule has 0 radical (unpaired) electrons. The van der Waals surface area contributed by atoms with Gasteiger partial charge >= 0.3 is 0 Å². The Bertz CT molecular complexity index is 340. The summed E-state index contributed by atoms with van der Waals surface area (Å²) >= 11 is 5.77. The average molecular weight is 226 g/mol. The maximum Gasteiger partial charge on any atom is 0.224 e. The SMILES string of the molecule is CC(C)C1CCN(c2ccnc(Cl)n2)C1. The molecule has 82 valence electrons. The third-order valence-electron chi connectivity index (χ3n) is 3.10. The summed E-state index contributed by atoms with van der Waals surface area (Å²) in [4.78, 5) is 10.4. The molecule has 1 atom stereocenters. The van der Waals surface area contributed by atoms with E-state index in [0.29, 0.717) is 5.28 Å². The lowest BCUT2D eigenvalue weighted by molar-refractivity contribution is 0.422. The van der Waals surface area contributed by atoms with Gasteiger partial charge in [-0.3, -0.25) is 0 Å². The van der Waals surface area contributed by atoms with Crippen molar-refractivity contribution in [2.24, 2.45) is 11.8 Å². The maximum atomic E-state index is 5.77. The van der Waals surface area contributed by atoms with Crippen molar-refractivity contribution >= 4 is 17.4 Å². The molecule has 0 aliphatic carbocycles. The van der Waals surface area contributed by atoms with Gasteiger partial charge in [0.05, 0.1) is 0 Å². The quantitative estimate of drug-likeness (QED) is 0.725. The molecule has 2 heterocycles. The number of hydrogen-bond acceptors (Lipinski definition) is 3. The van der Waals surface area contributed by atoms with Crippen molar-refractivity contribution in [2.45, 2.75) is 20.3 Å². The lowest BCUT2D eigenvalue weighted by atomic mass is 9.95. The van der Waals surface area contributed by atoms with Crippen LogP contribution in [0.2, 0.25) is 5.28 Å². The molecule has 1 saturated heterocycles. The van der Waals surface area contributed by atoms with Crippen LogP contribution in [0, 0.1) is 11.8 Å². The Labute approximate surface area is 95.5 Å². The van der Waals surface area contributed by atoms with Gasteiger partial charge in [-0.25, -0.2) is 9.97 Å². The van der Waals surface area contributed by atoms with Crippen LogP contribution in [0.3, 0.4) is 0 Å². The van der Waals surface area contributed by atoms with E-state index in [0.717, 1.165) is 30.7 Å². The predicted octanol–water partition coefficient (Wildman–Crippen LogP) is 2.61. The predicted molar refractivity (Wildman–Crippen MR) is 62.2 cm³/mol. The minimum Gasteiger partial charge on any atom is -0.356 e. The van der Waals surface area contributed by atoms with Crippen LogP contribution in [0.15, 0.2) is 12.3 Å². The van der Waals surface area contributed by atoms with Gasteiger partial charge in [0, 0.05) is 19.3 Å². The Kier molecular flexibility index (Phi) is 3.10. The van der Waals surface area contributed by atoms with E-state index in [1.54, 1.807) is 6.20 Å². The van der Waals surface area contributed by atoms with Crippen LogP contribution >= 0.6 is 11.6 Å². The summed E-state index contributed by atoms with van der Waals surface area (Å²) in [7, 11) is 0. The third-order valence-corrected chi connectivity index (χ3v) is 3.29. The summed E-state index contributed by atoms with van der Waals surface area (Å²) in [6, 6.07) is 1.93. The van der Waals surface area contributed by atoms with Crippen molar-refractivity contribution in [1.82, 2.24) is 9.97 Å². The van der Waals surface area contributed by atoms with Gasteiger partial charge in [0.1, 0.15) is 5.82 Å². The summed E-state index contributed by atoms with van der Waals surface area (Å²) in [6.45, 7) is 6.73. The second-order valence-electron chi connectivity index (χ2n) is 4.42. The van der Waals surface area contributed by atoms with Gasteiger partial charge in [-0.1, -0.05) is 13.8 Å². The zero-order valence-corrected chi connectivity index (χ0v) is 9.91. The Morgan fingerprint density at radius 3 is 2.93 bits per heavy atom. The summed E-state index contributed by atoms with van der Waals surface area (Å²) in [5, 5.41) is 0.334. The van der Waals surface area contributed by atoms with Crippen molar-refractivity contribution in [3.05, 3.63) is 17.5 Å². The second kappa shape index (κ2) is 4.35. The van der Waals surface area contributed by atoms with Crippen molar-refractivity contribution < 1.29 is 0 Å². The maximum absolute atomic E-state index is 5.77. The standard InChI is InChI=1S/C11H16ClN3/c1-8(2)9-4-6-15(7-9)10-3-5-13-11(12)14-10/h3,5,8-9H,4,6-7H2,1-2H3. The molecule has 0 bridgehead atoms. The topological polar surface area (TPSA) is 29.0 Å². The fraction of sp³-hybridized carbons (Fsp3) is 0.636. The summed E-state index contributed by atoms with van der Waals surface area (Å²) in [6.07, 6.45) is 2.96.